The smallest absolute Gasteiger partial charge is 0.187 e. The van der Waals surface area contributed by atoms with Crippen LogP contribution in [-0.4, -0.2) is 24.0 Å². The van der Waals surface area contributed by atoms with Crippen LogP contribution in [0.3, 0.4) is 0 Å². The molecule has 4 rings (SSSR count). The lowest BCUT2D eigenvalue weighted by molar-refractivity contribution is 0.0977. The van der Waals surface area contributed by atoms with Gasteiger partial charge < -0.3 is 9.47 Å². The highest BCUT2D eigenvalue weighted by Gasteiger charge is 2.26. The number of nitrogens with zero attached hydrogens (tertiary/aromatic N) is 2. The summed E-state index contributed by atoms with van der Waals surface area (Å²) in [6.07, 6.45) is 0. The molecule has 1 aromatic heterocycles. The molecule has 0 unspecified atom stereocenters. The van der Waals surface area contributed by atoms with Gasteiger partial charge in [0.15, 0.2) is 23.2 Å². The first-order chi connectivity index (χ1) is 13.2. The molecule has 27 heavy (non-hydrogen) atoms. The van der Waals surface area contributed by atoms with Gasteiger partial charge in [0.05, 0.1) is 11.8 Å². The second-order valence-electron chi connectivity index (χ2n) is 6.22. The number of aromatic nitrogens is 1. The Hall–Kier alpha value is -3.17. The number of carbonyl (C=O) groups is 1. The number of hydrogen-bond donors (Lipinski definition) is 0. The zero-order valence-corrected chi connectivity index (χ0v) is 15.5. The summed E-state index contributed by atoms with van der Waals surface area (Å²) in [5, 5.41) is 12.0. The van der Waals surface area contributed by atoms with Crippen molar-refractivity contribution in [2.75, 3.05) is 13.2 Å². The van der Waals surface area contributed by atoms with E-state index in [-0.39, 0.29) is 5.78 Å². The number of carbonyl (C=O) groups excluding carboxylic acids is 1. The van der Waals surface area contributed by atoms with Gasteiger partial charge in [0.25, 0.3) is 0 Å². The Labute approximate surface area is 160 Å². The van der Waals surface area contributed by atoms with Gasteiger partial charge in [0.1, 0.15) is 18.2 Å². The molecule has 6 heteroatoms. The maximum absolute atomic E-state index is 12.9. The molecular weight excluding hydrogens is 360 g/mol. The molecule has 0 saturated heterocycles. The van der Waals surface area contributed by atoms with Crippen LogP contribution in [-0.2, 0) is 0 Å². The summed E-state index contributed by atoms with van der Waals surface area (Å²) in [5.74, 6) is -0.0958. The van der Waals surface area contributed by atoms with Crippen LogP contribution in [0.1, 0.15) is 26.8 Å². The molecule has 1 aliphatic heterocycles. The van der Waals surface area contributed by atoms with E-state index in [1.807, 2.05) is 36.6 Å². The van der Waals surface area contributed by atoms with E-state index in [1.54, 1.807) is 18.2 Å². The van der Waals surface area contributed by atoms with Gasteiger partial charge in [-0.25, -0.2) is 4.98 Å². The lowest BCUT2D eigenvalue weighted by Crippen LogP contribution is -2.17. The fraction of sp³-hybridized carbons (Fsp3) is 0.190. The molecule has 0 N–H and O–H groups in total. The van der Waals surface area contributed by atoms with Crippen molar-refractivity contribution in [2.24, 2.45) is 0 Å². The van der Waals surface area contributed by atoms with Crippen LogP contribution >= 0.6 is 11.3 Å². The second-order valence-corrected chi connectivity index (χ2v) is 7.11. The molecule has 3 aromatic rings. The monoisotopic (exact) mass is 376 g/mol. The van der Waals surface area contributed by atoms with E-state index in [2.05, 4.69) is 11.1 Å². The first-order valence-electron chi connectivity index (χ1n) is 8.51. The molecule has 2 heterocycles. The van der Waals surface area contributed by atoms with E-state index >= 15 is 0 Å². The predicted molar refractivity (Wildman–Crippen MR) is 102 cm³/mol. The number of benzene rings is 2. The summed E-state index contributed by atoms with van der Waals surface area (Å²) in [5.41, 5.74) is 3.31. The summed E-state index contributed by atoms with van der Waals surface area (Å²) in [6.45, 7) is 2.95. The van der Waals surface area contributed by atoms with Crippen molar-refractivity contribution in [3.63, 3.8) is 0 Å². The molecule has 134 valence electrons. The average Bonchev–Trinajstić information content (AvgIpc) is 3.18. The molecule has 0 amide bonds. The largest absolute Gasteiger partial charge is 0.486 e. The van der Waals surface area contributed by atoms with Crippen LogP contribution in [0.4, 0.5) is 0 Å². The Kier molecular flexibility index (Phi) is 4.61. The minimum absolute atomic E-state index is 0.292. The van der Waals surface area contributed by atoms with Gasteiger partial charge in [-0.3, -0.25) is 4.79 Å². The molecule has 0 saturated carbocycles. The van der Waals surface area contributed by atoms with Gasteiger partial charge in [-0.1, -0.05) is 29.8 Å². The molecule has 5 nitrogen and oxygen atoms in total. The van der Waals surface area contributed by atoms with E-state index in [9.17, 15) is 10.1 Å². The van der Waals surface area contributed by atoms with Crippen LogP contribution in [0.2, 0.25) is 0 Å². The molecular formula is C21H16N2O3S. The zero-order valence-electron chi connectivity index (χ0n) is 14.6. The van der Waals surface area contributed by atoms with Crippen LogP contribution in [0, 0.1) is 18.3 Å². The molecule has 2 aromatic carbocycles. The standard InChI is InChI=1S/C21H16N2O3S/c1-13-2-4-14(5-3-13)17-12-27-21(23-17)16(11-22)20(24)15-6-7-18-19(10-15)26-9-8-25-18/h2-7,10,12,16H,8-9H2,1H3/t16-/m0/s1. The zero-order chi connectivity index (χ0) is 18.8. The minimum Gasteiger partial charge on any atom is -0.486 e. The molecule has 1 atom stereocenters. The maximum atomic E-state index is 12.9. The van der Waals surface area contributed by atoms with Gasteiger partial charge in [-0.2, -0.15) is 5.26 Å². The number of aryl methyl sites for hydroxylation is 1. The quantitative estimate of drug-likeness (QED) is 0.632. The minimum atomic E-state index is -0.947. The Bertz CT molecular complexity index is 1030. The number of ether oxygens (including phenoxy) is 2. The fourth-order valence-electron chi connectivity index (χ4n) is 2.87. The summed E-state index contributed by atoms with van der Waals surface area (Å²) in [7, 11) is 0. The number of Topliss-reactive ketones (excluding diaryl/α,β-unsaturated/α-hetero) is 1. The van der Waals surface area contributed by atoms with Crippen molar-refractivity contribution in [2.45, 2.75) is 12.8 Å². The summed E-state index contributed by atoms with van der Waals surface area (Å²) >= 11 is 1.32. The van der Waals surface area contributed by atoms with Crippen LogP contribution in [0.25, 0.3) is 11.3 Å². The predicted octanol–water partition coefficient (Wildman–Crippen LogP) is 4.38. The third-order valence-corrected chi connectivity index (χ3v) is 5.24. The van der Waals surface area contributed by atoms with Crippen molar-refractivity contribution in [1.82, 2.24) is 4.98 Å². The van der Waals surface area contributed by atoms with Gasteiger partial charge >= 0.3 is 0 Å². The number of nitriles is 1. The molecule has 0 bridgehead atoms. The van der Waals surface area contributed by atoms with Gasteiger partial charge in [0.2, 0.25) is 0 Å². The Morgan fingerprint density at radius 2 is 1.89 bits per heavy atom. The third kappa shape index (κ3) is 3.42. The highest BCUT2D eigenvalue weighted by molar-refractivity contribution is 7.10. The third-order valence-electron chi connectivity index (χ3n) is 4.33. The average molecular weight is 376 g/mol. The second kappa shape index (κ2) is 7.22. The van der Waals surface area contributed by atoms with Crippen LogP contribution in [0.5, 0.6) is 11.5 Å². The van der Waals surface area contributed by atoms with Gasteiger partial charge in [-0.15, -0.1) is 11.3 Å². The van der Waals surface area contributed by atoms with Crippen molar-refractivity contribution < 1.29 is 14.3 Å². The summed E-state index contributed by atoms with van der Waals surface area (Å²) < 4.78 is 11.0. The Balaban J connectivity index is 1.61. The number of fused-ring (bicyclic) bond motifs is 1. The highest BCUT2D eigenvalue weighted by Crippen LogP contribution is 2.33. The van der Waals surface area contributed by atoms with Crippen molar-refractivity contribution in [3.05, 3.63) is 64.0 Å². The topological polar surface area (TPSA) is 72.2 Å². The number of hydrogen-bond acceptors (Lipinski definition) is 6. The van der Waals surface area contributed by atoms with E-state index in [0.717, 1.165) is 16.8 Å². The molecule has 0 spiro atoms. The highest BCUT2D eigenvalue weighted by atomic mass is 32.1. The first kappa shape index (κ1) is 17.3. The lowest BCUT2D eigenvalue weighted by Gasteiger charge is -2.18. The summed E-state index contributed by atoms with van der Waals surface area (Å²) in [6, 6.07) is 15.1. The van der Waals surface area contributed by atoms with Gasteiger partial charge in [-0.05, 0) is 25.1 Å². The normalized spacial score (nSPS) is 13.6. The number of thiazole rings is 1. The Morgan fingerprint density at radius 3 is 2.63 bits per heavy atom. The lowest BCUT2D eigenvalue weighted by atomic mass is 9.99. The Morgan fingerprint density at radius 1 is 1.15 bits per heavy atom. The SMILES string of the molecule is Cc1ccc(-c2csc([C@@H](C#N)C(=O)c3ccc4c(c3)OCCO4)n2)cc1. The number of rotatable bonds is 4. The molecule has 1 aliphatic rings. The van der Waals surface area contributed by atoms with E-state index in [4.69, 9.17) is 9.47 Å². The van der Waals surface area contributed by atoms with E-state index in [0.29, 0.717) is 35.3 Å². The van der Waals surface area contributed by atoms with E-state index in [1.165, 1.54) is 11.3 Å². The maximum Gasteiger partial charge on any atom is 0.187 e. The first-order valence-corrected chi connectivity index (χ1v) is 9.39. The molecule has 0 fully saturated rings. The van der Waals surface area contributed by atoms with Crippen molar-refractivity contribution in [3.8, 4) is 28.8 Å². The van der Waals surface area contributed by atoms with Crippen molar-refractivity contribution in [1.29, 1.82) is 5.26 Å². The molecule has 0 aliphatic carbocycles. The number of ketones is 1. The van der Waals surface area contributed by atoms with Crippen molar-refractivity contribution >= 4 is 17.1 Å². The van der Waals surface area contributed by atoms with Crippen LogP contribution < -0.4 is 9.47 Å². The summed E-state index contributed by atoms with van der Waals surface area (Å²) in [4.78, 5) is 17.4. The molecule has 0 radical (unpaired) electrons. The fourth-order valence-corrected chi connectivity index (χ4v) is 3.73. The van der Waals surface area contributed by atoms with Crippen LogP contribution in [0.15, 0.2) is 47.8 Å². The van der Waals surface area contributed by atoms with E-state index < -0.39 is 5.92 Å². The van der Waals surface area contributed by atoms with Gasteiger partial charge in [0, 0.05) is 16.5 Å².